The quantitative estimate of drug-likeness (QED) is 0.286. The third-order valence-corrected chi connectivity index (χ3v) is 8.40. The van der Waals surface area contributed by atoms with Crippen molar-refractivity contribution in [1.29, 1.82) is 0 Å². The number of ether oxygens (including phenoxy) is 2. The van der Waals surface area contributed by atoms with Gasteiger partial charge in [0.1, 0.15) is 25.8 Å². The van der Waals surface area contributed by atoms with Crippen molar-refractivity contribution in [2.75, 3.05) is 36.9 Å². The highest BCUT2D eigenvalue weighted by Crippen LogP contribution is 2.35. The SMILES string of the molecule is CCCCNC(=O)C(Cc1ccccc1)N(Cc1ccccc1Cl)C(=O)CN(c1ccc2c(c1)OCCO2)S(C)(=O)=O. The van der Waals surface area contributed by atoms with E-state index in [2.05, 4.69) is 5.32 Å². The Bertz CT molecular complexity index is 1480. The molecular weight excluding hydrogens is 578 g/mol. The van der Waals surface area contributed by atoms with Crippen molar-refractivity contribution in [2.45, 2.75) is 38.8 Å². The lowest BCUT2D eigenvalue weighted by molar-refractivity contribution is -0.140. The number of unbranched alkanes of at least 4 members (excludes halogenated alkanes) is 1. The van der Waals surface area contributed by atoms with Crippen molar-refractivity contribution in [3.05, 3.63) is 88.9 Å². The van der Waals surface area contributed by atoms with Gasteiger partial charge in [-0.15, -0.1) is 0 Å². The second-order valence-electron chi connectivity index (χ2n) is 10.1. The average molecular weight is 614 g/mol. The highest BCUT2D eigenvalue weighted by molar-refractivity contribution is 7.92. The molecular formula is C31H36ClN3O6S. The number of anilines is 1. The summed E-state index contributed by atoms with van der Waals surface area (Å²) < 4.78 is 38.3. The van der Waals surface area contributed by atoms with Gasteiger partial charge < -0.3 is 19.7 Å². The number of hydrogen-bond acceptors (Lipinski definition) is 6. The molecule has 0 aliphatic carbocycles. The highest BCUT2D eigenvalue weighted by atomic mass is 35.5. The van der Waals surface area contributed by atoms with Crippen LogP contribution in [0.2, 0.25) is 5.02 Å². The maximum Gasteiger partial charge on any atom is 0.244 e. The third kappa shape index (κ3) is 8.17. The van der Waals surface area contributed by atoms with E-state index in [1.54, 1.807) is 42.5 Å². The summed E-state index contributed by atoms with van der Waals surface area (Å²) in [5, 5.41) is 3.40. The molecule has 3 aromatic carbocycles. The van der Waals surface area contributed by atoms with Crippen LogP contribution in [0, 0.1) is 0 Å². The molecule has 2 amide bonds. The molecule has 0 saturated heterocycles. The monoisotopic (exact) mass is 613 g/mol. The number of fused-ring (bicyclic) bond motifs is 1. The van der Waals surface area contributed by atoms with Crippen LogP contribution in [-0.2, 0) is 32.6 Å². The molecule has 42 heavy (non-hydrogen) atoms. The minimum absolute atomic E-state index is 0.00987. The number of halogens is 1. The van der Waals surface area contributed by atoms with Gasteiger partial charge in [0.2, 0.25) is 21.8 Å². The van der Waals surface area contributed by atoms with Gasteiger partial charge in [0.05, 0.1) is 11.9 Å². The van der Waals surface area contributed by atoms with Gasteiger partial charge in [0.15, 0.2) is 11.5 Å². The van der Waals surface area contributed by atoms with Gasteiger partial charge in [-0.05, 0) is 35.7 Å². The van der Waals surface area contributed by atoms with Crippen LogP contribution in [0.1, 0.15) is 30.9 Å². The predicted octanol–water partition coefficient (Wildman–Crippen LogP) is 4.43. The van der Waals surface area contributed by atoms with Crippen LogP contribution in [-0.4, -0.2) is 63.7 Å². The van der Waals surface area contributed by atoms with Crippen molar-refractivity contribution in [3.8, 4) is 11.5 Å². The number of hydrogen-bond donors (Lipinski definition) is 1. The van der Waals surface area contributed by atoms with E-state index in [9.17, 15) is 18.0 Å². The van der Waals surface area contributed by atoms with Crippen LogP contribution in [0.5, 0.6) is 11.5 Å². The Hall–Kier alpha value is -3.76. The summed E-state index contributed by atoms with van der Waals surface area (Å²) in [6.07, 6.45) is 2.95. The first-order chi connectivity index (χ1) is 20.2. The molecule has 1 aliphatic heterocycles. The van der Waals surface area contributed by atoms with Gasteiger partial charge in [-0.2, -0.15) is 0 Å². The molecule has 224 valence electrons. The van der Waals surface area contributed by atoms with Gasteiger partial charge in [-0.3, -0.25) is 13.9 Å². The van der Waals surface area contributed by atoms with E-state index in [0.717, 1.165) is 29.0 Å². The Morgan fingerprint density at radius 3 is 2.36 bits per heavy atom. The lowest BCUT2D eigenvalue weighted by Crippen LogP contribution is -2.53. The third-order valence-electron chi connectivity index (χ3n) is 6.89. The molecule has 1 heterocycles. The topological polar surface area (TPSA) is 105 Å². The van der Waals surface area contributed by atoms with Crippen molar-refractivity contribution >= 4 is 39.1 Å². The fraction of sp³-hybridized carbons (Fsp3) is 0.355. The van der Waals surface area contributed by atoms with Crippen molar-refractivity contribution < 1.29 is 27.5 Å². The fourth-order valence-corrected chi connectivity index (χ4v) is 5.71. The molecule has 1 atom stereocenters. The minimum atomic E-state index is -3.91. The molecule has 0 saturated carbocycles. The van der Waals surface area contributed by atoms with Crippen LogP contribution in [0.4, 0.5) is 5.69 Å². The summed E-state index contributed by atoms with van der Waals surface area (Å²) in [7, 11) is -3.91. The van der Waals surface area contributed by atoms with Crippen molar-refractivity contribution in [1.82, 2.24) is 10.2 Å². The lowest BCUT2D eigenvalue weighted by Gasteiger charge is -2.34. The molecule has 9 nitrogen and oxygen atoms in total. The van der Waals surface area contributed by atoms with Gasteiger partial charge >= 0.3 is 0 Å². The number of sulfonamides is 1. The summed E-state index contributed by atoms with van der Waals surface area (Å²) >= 11 is 6.49. The number of rotatable bonds is 13. The van der Waals surface area contributed by atoms with Crippen LogP contribution < -0.4 is 19.1 Å². The maximum absolute atomic E-state index is 14.2. The highest BCUT2D eigenvalue weighted by Gasteiger charge is 2.33. The predicted molar refractivity (Wildman–Crippen MR) is 163 cm³/mol. The maximum atomic E-state index is 14.2. The Balaban J connectivity index is 1.72. The minimum Gasteiger partial charge on any atom is -0.486 e. The van der Waals surface area contributed by atoms with Crippen LogP contribution in [0.15, 0.2) is 72.8 Å². The molecule has 11 heteroatoms. The molecule has 0 aromatic heterocycles. The zero-order valence-corrected chi connectivity index (χ0v) is 25.4. The molecule has 1 unspecified atom stereocenters. The summed E-state index contributed by atoms with van der Waals surface area (Å²) in [5.74, 6) is 0.0153. The zero-order valence-electron chi connectivity index (χ0n) is 23.8. The first kappa shape index (κ1) is 31.2. The number of benzene rings is 3. The molecule has 0 fully saturated rings. The zero-order chi connectivity index (χ0) is 30.1. The number of amides is 2. The molecule has 1 N–H and O–H groups in total. The summed E-state index contributed by atoms with van der Waals surface area (Å²) in [5.41, 5.74) is 1.74. The first-order valence-corrected chi connectivity index (χ1v) is 16.1. The lowest BCUT2D eigenvalue weighted by atomic mass is 10.0. The molecule has 0 bridgehead atoms. The van der Waals surface area contributed by atoms with Gasteiger partial charge in [-0.25, -0.2) is 8.42 Å². The first-order valence-electron chi connectivity index (χ1n) is 13.9. The van der Waals surface area contributed by atoms with E-state index in [4.69, 9.17) is 21.1 Å². The molecule has 4 rings (SSSR count). The smallest absolute Gasteiger partial charge is 0.244 e. The van der Waals surface area contributed by atoms with Gasteiger partial charge in [-0.1, -0.05) is 73.5 Å². The van der Waals surface area contributed by atoms with E-state index in [-0.39, 0.29) is 24.6 Å². The Kier molecular flexibility index (Phi) is 10.7. The summed E-state index contributed by atoms with van der Waals surface area (Å²) in [6, 6.07) is 20.3. The van der Waals surface area contributed by atoms with Gasteiger partial charge in [0, 0.05) is 30.6 Å². The van der Waals surface area contributed by atoms with E-state index in [1.807, 2.05) is 37.3 Å². The number of nitrogens with zero attached hydrogens (tertiary/aromatic N) is 2. The van der Waals surface area contributed by atoms with E-state index in [1.165, 1.54) is 4.90 Å². The summed E-state index contributed by atoms with van der Waals surface area (Å²) in [4.78, 5) is 29.3. The van der Waals surface area contributed by atoms with E-state index in [0.29, 0.717) is 41.8 Å². The Morgan fingerprint density at radius 1 is 0.976 bits per heavy atom. The Morgan fingerprint density at radius 2 is 1.67 bits per heavy atom. The molecule has 1 aliphatic rings. The number of carbonyl (C=O) groups is 2. The fourth-order valence-electron chi connectivity index (χ4n) is 4.67. The van der Waals surface area contributed by atoms with E-state index < -0.39 is 28.5 Å². The van der Waals surface area contributed by atoms with E-state index >= 15 is 0 Å². The largest absolute Gasteiger partial charge is 0.486 e. The van der Waals surface area contributed by atoms with Gasteiger partial charge in [0.25, 0.3) is 0 Å². The number of nitrogens with one attached hydrogen (secondary N) is 1. The second kappa shape index (κ2) is 14.4. The molecule has 0 radical (unpaired) electrons. The van der Waals surface area contributed by atoms with Crippen LogP contribution in [0.25, 0.3) is 0 Å². The summed E-state index contributed by atoms with van der Waals surface area (Å²) in [6.45, 7) is 2.68. The van der Waals surface area contributed by atoms with Crippen molar-refractivity contribution in [2.24, 2.45) is 0 Å². The average Bonchev–Trinajstić information content (AvgIpc) is 2.98. The van der Waals surface area contributed by atoms with Crippen LogP contribution in [0.3, 0.4) is 0 Å². The second-order valence-corrected chi connectivity index (χ2v) is 12.4. The normalized spacial score (nSPS) is 13.2. The van der Waals surface area contributed by atoms with Crippen molar-refractivity contribution in [3.63, 3.8) is 0 Å². The van der Waals surface area contributed by atoms with Crippen LogP contribution >= 0.6 is 11.6 Å². The standard InChI is InChI=1S/C31H36ClN3O6S/c1-3-4-16-33-31(37)27(19-23-10-6-5-7-11-23)34(21-24-12-8-9-13-26(24)32)30(36)22-35(42(2,38)39)25-14-15-28-29(20-25)41-18-17-40-28/h5-15,20,27H,3-4,16-19,21-22H2,1-2H3,(H,33,37). The Labute approximate surface area is 252 Å². The molecule has 3 aromatic rings. The number of carbonyl (C=O) groups excluding carboxylic acids is 2. The molecule has 0 spiro atoms.